The van der Waals surface area contributed by atoms with Crippen molar-refractivity contribution in [3.8, 4) is 5.75 Å². The summed E-state index contributed by atoms with van der Waals surface area (Å²) in [6, 6.07) is 16.2. The minimum atomic E-state index is -1.32. The number of carbonyl (C=O) groups excluding carboxylic acids is 3. The maximum atomic E-state index is 14.6. The highest BCUT2D eigenvalue weighted by molar-refractivity contribution is 6.04. The minimum Gasteiger partial charge on any atom is -0.494 e. The molecule has 226 valence electrons. The molecule has 6 rings (SSSR count). The normalized spacial score (nSPS) is 29.8. The van der Waals surface area contributed by atoms with Crippen LogP contribution in [-0.4, -0.2) is 82.7 Å². The molecule has 0 saturated carbocycles. The van der Waals surface area contributed by atoms with Crippen LogP contribution in [0.25, 0.3) is 0 Å². The third-order valence-corrected chi connectivity index (χ3v) is 9.26. The standard InChI is InChI=1S/C34H39N3O6/c1-3-33-17-8-20-36(25-13-15-26(16-14-25)42-4-2)30(39)27(33)28-31(40)37(21-10-22-38)29-32(41)35(19-9-18-34(28,29)43-33)23-24-11-6-5-7-12-24/h5-9,11-18,27-29,38H,3-4,10,19-23H2,1-2H3/t27-,28+,29?,33+,34+/m1/s1. The van der Waals surface area contributed by atoms with E-state index in [1.54, 1.807) is 14.7 Å². The molecule has 43 heavy (non-hydrogen) atoms. The lowest BCUT2D eigenvalue weighted by Crippen LogP contribution is -2.56. The number of anilines is 1. The summed E-state index contributed by atoms with van der Waals surface area (Å²) in [4.78, 5) is 48.5. The zero-order valence-corrected chi connectivity index (χ0v) is 24.7. The van der Waals surface area contributed by atoms with Crippen molar-refractivity contribution in [1.29, 1.82) is 0 Å². The first kappa shape index (κ1) is 29.1. The molecule has 2 aromatic rings. The van der Waals surface area contributed by atoms with E-state index in [1.165, 1.54) is 0 Å². The summed E-state index contributed by atoms with van der Waals surface area (Å²) in [5, 5.41) is 9.68. The number of ether oxygens (including phenoxy) is 2. The number of rotatable bonds is 9. The SMILES string of the molecule is CCOc1ccc(N2CC=C[C@]3(CC)O[C@]45C=CCN(Cc6ccccc6)C(=O)C4N(CCCO)C(=O)[C@@H]5[C@@H]3C2=O)cc1. The summed E-state index contributed by atoms with van der Waals surface area (Å²) in [6.45, 7) is 5.56. The largest absolute Gasteiger partial charge is 0.494 e. The van der Waals surface area contributed by atoms with Gasteiger partial charge in [-0.25, -0.2) is 0 Å². The molecule has 0 aliphatic carbocycles. The number of aliphatic hydroxyl groups is 1. The molecular formula is C34H39N3O6. The second-order valence-electron chi connectivity index (χ2n) is 11.6. The van der Waals surface area contributed by atoms with Crippen molar-refractivity contribution in [1.82, 2.24) is 9.80 Å². The van der Waals surface area contributed by atoms with Gasteiger partial charge in [0.1, 0.15) is 17.4 Å². The smallest absolute Gasteiger partial charge is 0.249 e. The van der Waals surface area contributed by atoms with E-state index in [1.807, 2.05) is 92.7 Å². The van der Waals surface area contributed by atoms with E-state index < -0.39 is 29.1 Å². The van der Waals surface area contributed by atoms with Crippen LogP contribution < -0.4 is 9.64 Å². The lowest BCUT2D eigenvalue weighted by atomic mass is 9.73. The monoisotopic (exact) mass is 585 g/mol. The van der Waals surface area contributed by atoms with Crippen LogP contribution in [-0.2, 0) is 25.7 Å². The Balaban J connectivity index is 1.41. The second-order valence-corrected chi connectivity index (χ2v) is 11.6. The van der Waals surface area contributed by atoms with Gasteiger partial charge in [0.2, 0.25) is 17.7 Å². The molecule has 5 atom stereocenters. The number of aliphatic hydroxyl groups excluding tert-OH is 1. The van der Waals surface area contributed by atoms with E-state index in [2.05, 4.69) is 0 Å². The van der Waals surface area contributed by atoms with Crippen molar-refractivity contribution in [2.45, 2.75) is 50.5 Å². The molecule has 1 unspecified atom stereocenters. The van der Waals surface area contributed by atoms with Gasteiger partial charge in [0.25, 0.3) is 0 Å². The lowest BCUT2D eigenvalue weighted by Gasteiger charge is -2.38. The Bertz CT molecular complexity index is 1430. The molecule has 9 nitrogen and oxygen atoms in total. The van der Waals surface area contributed by atoms with Crippen LogP contribution in [0.3, 0.4) is 0 Å². The Morgan fingerprint density at radius 2 is 1.65 bits per heavy atom. The number of likely N-dealkylation sites (tertiary alicyclic amines) is 1. The number of hydrogen-bond acceptors (Lipinski definition) is 6. The van der Waals surface area contributed by atoms with Crippen LogP contribution in [0, 0.1) is 11.8 Å². The molecule has 2 fully saturated rings. The summed E-state index contributed by atoms with van der Waals surface area (Å²) in [7, 11) is 0. The molecule has 9 heteroatoms. The maximum absolute atomic E-state index is 14.6. The van der Waals surface area contributed by atoms with Crippen molar-refractivity contribution < 1.29 is 29.0 Å². The third-order valence-electron chi connectivity index (χ3n) is 9.26. The first-order valence-corrected chi connectivity index (χ1v) is 15.2. The fourth-order valence-electron chi connectivity index (χ4n) is 7.35. The average Bonchev–Trinajstić information content (AvgIpc) is 3.31. The summed E-state index contributed by atoms with van der Waals surface area (Å²) in [6.07, 6.45) is 8.42. The highest BCUT2D eigenvalue weighted by atomic mass is 16.5. The van der Waals surface area contributed by atoms with Crippen LogP contribution in [0.2, 0.25) is 0 Å². The van der Waals surface area contributed by atoms with Crippen LogP contribution in [0.1, 0.15) is 32.3 Å². The number of fused-ring (bicyclic) bond motifs is 2. The van der Waals surface area contributed by atoms with Crippen LogP contribution in [0.15, 0.2) is 78.9 Å². The van der Waals surface area contributed by atoms with Gasteiger partial charge in [0, 0.05) is 38.5 Å². The first-order valence-electron chi connectivity index (χ1n) is 15.2. The molecule has 3 amide bonds. The number of benzene rings is 2. The van der Waals surface area contributed by atoms with Gasteiger partial charge in [-0.15, -0.1) is 0 Å². The highest BCUT2D eigenvalue weighted by Crippen LogP contribution is 2.58. The molecular weight excluding hydrogens is 546 g/mol. The third kappa shape index (κ3) is 4.75. The van der Waals surface area contributed by atoms with Gasteiger partial charge >= 0.3 is 0 Å². The van der Waals surface area contributed by atoms with E-state index in [0.717, 1.165) is 5.56 Å². The predicted molar refractivity (Wildman–Crippen MR) is 161 cm³/mol. The predicted octanol–water partition coefficient (Wildman–Crippen LogP) is 3.33. The Kier molecular flexibility index (Phi) is 7.87. The average molecular weight is 586 g/mol. The number of amides is 3. The number of nitrogens with zero attached hydrogens (tertiary/aromatic N) is 3. The summed E-state index contributed by atoms with van der Waals surface area (Å²) < 4.78 is 12.6. The Morgan fingerprint density at radius 3 is 2.35 bits per heavy atom. The molecule has 1 N–H and O–H groups in total. The molecule has 0 radical (unpaired) electrons. The Morgan fingerprint density at radius 1 is 0.907 bits per heavy atom. The number of hydrogen-bond donors (Lipinski definition) is 1. The molecule has 1 spiro atoms. The van der Waals surface area contributed by atoms with Gasteiger partial charge in [-0.1, -0.05) is 61.6 Å². The molecule has 4 aliphatic heterocycles. The van der Waals surface area contributed by atoms with E-state index in [9.17, 15) is 19.5 Å². The topological polar surface area (TPSA) is 99.6 Å². The maximum Gasteiger partial charge on any atom is 0.249 e. The summed E-state index contributed by atoms with van der Waals surface area (Å²) in [5.74, 6) is -1.73. The van der Waals surface area contributed by atoms with Gasteiger partial charge in [-0.2, -0.15) is 0 Å². The lowest BCUT2D eigenvalue weighted by molar-refractivity contribution is -0.152. The number of carbonyl (C=O) groups is 3. The zero-order chi connectivity index (χ0) is 30.2. The zero-order valence-electron chi connectivity index (χ0n) is 24.7. The van der Waals surface area contributed by atoms with Crippen molar-refractivity contribution in [3.63, 3.8) is 0 Å². The fourth-order valence-corrected chi connectivity index (χ4v) is 7.35. The van der Waals surface area contributed by atoms with E-state index in [-0.39, 0.29) is 30.9 Å². The highest BCUT2D eigenvalue weighted by Gasteiger charge is 2.75. The van der Waals surface area contributed by atoms with Crippen LogP contribution >= 0.6 is 0 Å². The van der Waals surface area contributed by atoms with Crippen molar-refractivity contribution in [2.75, 3.05) is 37.7 Å². The second kappa shape index (κ2) is 11.6. The summed E-state index contributed by atoms with van der Waals surface area (Å²) in [5.41, 5.74) is -0.698. The van der Waals surface area contributed by atoms with Gasteiger partial charge in [0.15, 0.2) is 0 Å². The molecule has 2 saturated heterocycles. The van der Waals surface area contributed by atoms with E-state index >= 15 is 0 Å². The molecule has 0 bridgehead atoms. The van der Waals surface area contributed by atoms with Crippen molar-refractivity contribution in [3.05, 3.63) is 84.5 Å². The fraction of sp³-hybridized carbons (Fsp3) is 0.441. The molecule has 4 aliphatic rings. The van der Waals surface area contributed by atoms with E-state index in [0.29, 0.717) is 50.5 Å². The van der Waals surface area contributed by atoms with Crippen molar-refractivity contribution >= 4 is 23.4 Å². The van der Waals surface area contributed by atoms with Gasteiger partial charge < -0.3 is 29.3 Å². The quantitative estimate of drug-likeness (QED) is 0.454. The van der Waals surface area contributed by atoms with Crippen LogP contribution in [0.5, 0.6) is 5.75 Å². The Hall–Kier alpha value is -3.95. The first-order chi connectivity index (χ1) is 20.9. The van der Waals surface area contributed by atoms with E-state index in [4.69, 9.17) is 9.47 Å². The van der Waals surface area contributed by atoms with Gasteiger partial charge in [0.05, 0.1) is 24.0 Å². The Labute approximate surface area is 252 Å². The van der Waals surface area contributed by atoms with Crippen molar-refractivity contribution in [2.24, 2.45) is 11.8 Å². The summed E-state index contributed by atoms with van der Waals surface area (Å²) >= 11 is 0. The van der Waals surface area contributed by atoms with Crippen LogP contribution in [0.4, 0.5) is 5.69 Å². The molecule has 2 aromatic carbocycles. The van der Waals surface area contributed by atoms with Gasteiger partial charge in [-0.05, 0) is 49.6 Å². The molecule has 4 heterocycles. The minimum absolute atomic E-state index is 0.123. The van der Waals surface area contributed by atoms with Gasteiger partial charge in [-0.3, -0.25) is 14.4 Å². The molecule has 0 aromatic heterocycles.